The van der Waals surface area contributed by atoms with Crippen LogP contribution in [0, 0.1) is 5.92 Å². The lowest BCUT2D eigenvalue weighted by molar-refractivity contribution is 0.000558. The molecule has 0 saturated carbocycles. The molecule has 0 aromatic heterocycles. The fourth-order valence-corrected chi connectivity index (χ4v) is 2.84. The lowest BCUT2D eigenvalue weighted by atomic mass is 10.0. The van der Waals surface area contributed by atoms with Gasteiger partial charge in [0, 0.05) is 13.0 Å². The normalized spacial score (nSPS) is 29.8. The number of phosphoric acid groups is 1. The van der Waals surface area contributed by atoms with E-state index in [2.05, 4.69) is 0 Å². The van der Waals surface area contributed by atoms with E-state index in [1.54, 1.807) is 21.0 Å². The maximum absolute atomic E-state index is 11.6. The lowest BCUT2D eigenvalue weighted by Gasteiger charge is -2.20. The van der Waals surface area contributed by atoms with E-state index in [-0.39, 0.29) is 30.8 Å². The monoisotopic (exact) mass is 312 g/mol. The summed E-state index contributed by atoms with van der Waals surface area (Å²) in [5.41, 5.74) is 0. The third-order valence-electron chi connectivity index (χ3n) is 3.01. The zero-order valence-corrected chi connectivity index (χ0v) is 13.4. The fourth-order valence-electron chi connectivity index (χ4n) is 1.91. The Bertz CT molecular complexity index is 323. The van der Waals surface area contributed by atoms with Crippen LogP contribution in [-0.4, -0.2) is 56.7 Å². The van der Waals surface area contributed by atoms with Gasteiger partial charge in [0.2, 0.25) is 0 Å². The van der Waals surface area contributed by atoms with Crippen LogP contribution in [0.2, 0.25) is 0 Å². The first-order chi connectivity index (χ1) is 9.35. The molecule has 4 atom stereocenters. The van der Waals surface area contributed by atoms with Gasteiger partial charge in [0.15, 0.2) is 0 Å². The molecule has 1 fully saturated rings. The first-order valence-electron chi connectivity index (χ1n) is 6.73. The van der Waals surface area contributed by atoms with Gasteiger partial charge in [-0.1, -0.05) is 6.92 Å². The molecule has 0 spiro atoms. The molecule has 0 radical (unpaired) electrons. The van der Waals surface area contributed by atoms with E-state index in [9.17, 15) is 9.46 Å². The SMILES string of the molecule is COCCO[C@H]1CO[C@H](COP(=O)(O)OC(C)C)C1C. The molecule has 20 heavy (non-hydrogen) atoms. The maximum Gasteiger partial charge on any atom is 0.472 e. The first-order valence-corrected chi connectivity index (χ1v) is 8.23. The highest BCUT2D eigenvalue weighted by atomic mass is 31.2. The van der Waals surface area contributed by atoms with Crippen LogP contribution in [-0.2, 0) is 27.8 Å². The zero-order chi connectivity index (χ0) is 15.2. The fraction of sp³-hybridized carbons (Fsp3) is 1.00. The minimum absolute atomic E-state index is 0.00576. The van der Waals surface area contributed by atoms with Gasteiger partial charge >= 0.3 is 7.82 Å². The Labute approximate surface area is 120 Å². The van der Waals surface area contributed by atoms with Gasteiger partial charge in [-0.2, -0.15) is 0 Å². The molecule has 0 aromatic rings. The lowest BCUT2D eigenvalue weighted by Crippen LogP contribution is -2.27. The number of hydrogen-bond donors (Lipinski definition) is 1. The number of rotatable bonds is 9. The van der Waals surface area contributed by atoms with Crippen LogP contribution in [0.1, 0.15) is 20.8 Å². The topological polar surface area (TPSA) is 83.5 Å². The van der Waals surface area contributed by atoms with Crippen molar-refractivity contribution in [2.45, 2.75) is 39.1 Å². The number of hydrogen-bond acceptors (Lipinski definition) is 6. The maximum atomic E-state index is 11.6. The third kappa shape index (κ3) is 6.18. The average molecular weight is 312 g/mol. The average Bonchev–Trinajstić information content (AvgIpc) is 2.67. The standard InChI is InChI=1S/C12H25O7P/c1-9(2)19-20(13,14)18-8-12-10(3)11(7-17-12)16-6-5-15-4/h9-12H,5-8H2,1-4H3,(H,13,14)/t10?,11-,12+/m0/s1. The second kappa shape index (κ2) is 8.44. The van der Waals surface area contributed by atoms with E-state index >= 15 is 0 Å². The van der Waals surface area contributed by atoms with E-state index in [1.807, 2.05) is 6.92 Å². The Hall–Kier alpha value is -0.0100. The molecule has 1 N–H and O–H groups in total. The van der Waals surface area contributed by atoms with E-state index in [1.165, 1.54) is 0 Å². The van der Waals surface area contributed by atoms with Crippen LogP contribution in [0.5, 0.6) is 0 Å². The van der Waals surface area contributed by atoms with Gasteiger partial charge < -0.3 is 19.1 Å². The highest BCUT2D eigenvalue weighted by molar-refractivity contribution is 7.47. The Kier molecular flexibility index (Phi) is 7.61. The second-order valence-corrected chi connectivity index (χ2v) is 6.46. The summed E-state index contributed by atoms with van der Waals surface area (Å²) < 4.78 is 37.4. The first kappa shape index (κ1) is 18.0. The number of phosphoric ester groups is 1. The van der Waals surface area contributed by atoms with Crippen LogP contribution < -0.4 is 0 Å². The molecule has 0 amide bonds. The summed E-state index contributed by atoms with van der Waals surface area (Å²) in [4.78, 5) is 9.48. The molecular weight excluding hydrogens is 287 g/mol. The number of ether oxygens (including phenoxy) is 3. The van der Waals surface area contributed by atoms with Crippen molar-refractivity contribution in [3.05, 3.63) is 0 Å². The van der Waals surface area contributed by atoms with Crippen molar-refractivity contribution in [1.29, 1.82) is 0 Å². The molecule has 120 valence electrons. The van der Waals surface area contributed by atoms with Gasteiger partial charge in [0.1, 0.15) is 0 Å². The van der Waals surface area contributed by atoms with Gasteiger partial charge in [-0.25, -0.2) is 4.57 Å². The Morgan fingerprint density at radius 2 is 2.10 bits per heavy atom. The van der Waals surface area contributed by atoms with E-state index in [4.69, 9.17) is 23.3 Å². The molecule has 8 heteroatoms. The summed E-state index contributed by atoms with van der Waals surface area (Å²) in [6.07, 6.45) is -0.709. The van der Waals surface area contributed by atoms with Crippen molar-refractivity contribution in [2.24, 2.45) is 5.92 Å². The smallest absolute Gasteiger partial charge is 0.382 e. The van der Waals surface area contributed by atoms with Crippen LogP contribution in [0.25, 0.3) is 0 Å². The van der Waals surface area contributed by atoms with Gasteiger partial charge in [-0.05, 0) is 13.8 Å². The predicted molar refractivity (Wildman–Crippen MR) is 72.5 cm³/mol. The summed E-state index contributed by atoms with van der Waals surface area (Å²) in [7, 11) is -2.40. The quantitative estimate of drug-likeness (QED) is 0.511. The van der Waals surface area contributed by atoms with Crippen LogP contribution >= 0.6 is 7.82 Å². The zero-order valence-electron chi connectivity index (χ0n) is 12.5. The van der Waals surface area contributed by atoms with Crippen molar-refractivity contribution in [1.82, 2.24) is 0 Å². The minimum atomic E-state index is -4.01. The molecule has 2 unspecified atom stereocenters. The Morgan fingerprint density at radius 1 is 1.40 bits per heavy atom. The predicted octanol–water partition coefficient (Wildman–Crippen LogP) is 1.59. The molecule has 1 heterocycles. The highest BCUT2D eigenvalue weighted by Crippen LogP contribution is 2.45. The molecule has 1 aliphatic rings. The number of methoxy groups -OCH3 is 1. The largest absolute Gasteiger partial charge is 0.472 e. The molecular formula is C12H25O7P. The molecule has 0 aromatic carbocycles. The summed E-state index contributed by atoms with van der Waals surface area (Å²) in [6, 6.07) is 0. The minimum Gasteiger partial charge on any atom is -0.382 e. The second-order valence-electron chi connectivity index (χ2n) is 5.05. The van der Waals surface area contributed by atoms with Gasteiger partial charge in [0.05, 0.1) is 44.7 Å². The third-order valence-corrected chi connectivity index (χ3v) is 4.18. The van der Waals surface area contributed by atoms with Crippen molar-refractivity contribution >= 4 is 7.82 Å². The Morgan fingerprint density at radius 3 is 2.70 bits per heavy atom. The summed E-state index contributed by atoms with van der Waals surface area (Å²) in [5, 5.41) is 0. The van der Waals surface area contributed by atoms with Crippen molar-refractivity contribution < 1.29 is 32.7 Å². The summed E-state index contributed by atoms with van der Waals surface area (Å²) in [5.74, 6) is 0.0749. The molecule has 1 aliphatic heterocycles. The van der Waals surface area contributed by atoms with Crippen molar-refractivity contribution in [3.63, 3.8) is 0 Å². The molecule has 1 saturated heterocycles. The van der Waals surface area contributed by atoms with E-state index in [0.717, 1.165) is 0 Å². The molecule has 1 rings (SSSR count). The van der Waals surface area contributed by atoms with E-state index < -0.39 is 7.82 Å². The molecule has 0 aliphatic carbocycles. The Balaban J connectivity index is 2.33. The van der Waals surface area contributed by atoms with Crippen LogP contribution in [0.15, 0.2) is 0 Å². The molecule has 0 bridgehead atoms. The highest BCUT2D eigenvalue weighted by Gasteiger charge is 2.36. The summed E-state index contributed by atoms with van der Waals surface area (Å²) >= 11 is 0. The summed E-state index contributed by atoms with van der Waals surface area (Å²) in [6.45, 7) is 6.77. The van der Waals surface area contributed by atoms with Crippen LogP contribution in [0.4, 0.5) is 0 Å². The van der Waals surface area contributed by atoms with Crippen LogP contribution in [0.3, 0.4) is 0 Å². The van der Waals surface area contributed by atoms with Gasteiger partial charge in [0.25, 0.3) is 0 Å². The van der Waals surface area contributed by atoms with Gasteiger partial charge in [-0.15, -0.1) is 0 Å². The molecule has 7 nitrogen and oxygen atoms in total. The van der Waals surface area contributed by atoms with Gasteiger partial charge in [-0.3, -0.25) is 9.05 Å². The van der Waals surface area contributed by atoms with Crippen molar-refractivity contribution in [2.75, 3.05) is 33.5 Å². The van der Waals surface area contributed by atoms with Crippen molar-refractivity contribution in [3.8, 4) is 0 Å². The van der Waals surface area contributed by atoms with E-state index in [0.29, 0.717) is 19.8 Å².